The lowest BCUT2D eigenvalue weighted by Crippen LogP contribution is -2.51. The van der Waals surface area contributed by atoms with Gasteiger partial charge in [0.15, 0.2) is 0 Å². The van der Waals surface area contributed by atoms with E-state index in [1.165, 1.54) is 4.90 Å². The highest BCUT2D eigenvalue weighted by atomic mass is 16.5. The number of unbranched alkanes of at least 4 members (excludes halogenated alkanes) is 1. The van der Waals surface area contributed by atoms with E-state index in [-0.39, 0.29) is 12.5 Å². The summed E-state index contributed by atoms with van der Waals surface area (Å²) in [6.07, 6.45) is 2.25. The van der Waals surface area contributed by atoms with Crippen LogP contribution >= 0.6 is 0 Å². The fourth-order valence-electron chi connectivity index (χ4n) is 1.84. The van der Waals surface area contributed by atoms with Gasteiger partial charge in [0, 0.05) is 13.5 Å². The fraction of sp³-hybridized carbons (Fsp3) is 0.529. The Morgan fingerprint density at radius 3 is 2.38 bits per heavy atom. The molecule has 1 amide bonds. The Kier molecular flexibility index (Phi) is 6.40. The fourth-order valence-corrected chi connectivity index (χ4v) is 1.84. The summed E-state index contributed by atoms with van der Waals surface area (Å²) in [6, 6.07) is 9.51. The summed E-state index contributed by atoms with van der Waals surface area (Å²) >= 11 is 0. The van der Waals surface area contributed by atoms with Gasteiger partial charge in [-0.2, -0.15) is 0 Å². The molecule has 1 aromatic carbocycles. The lowest BCUT2D eigenvalue weighted by molar-refractivity contribution is -0.161. The Hall–Kier alpha value is -1.84. The van der Waals surface area contributed by atoms with Crippen molar-refractivity contribution in [3.8, 4) is 0 Å². The summed E-state index contributed by atoms with van der Waals surface area (Å²) in [6.45, 7) is 5.68. The largest absolute Gasteiger partial charge is 0.459 e. The predicted octanol–water partition coefficient (Wildman–Crippen LogP) is 3.16. The Bertz CT molecular complexity index is 468. The van der Waals surface area contributed by atoms with Crippen LogP contribution in [0.4, 0.5) is 0 Å². The molecule has 21 heavy (non-hydrogen) atoms. The summed E-state index contributed by atoms with van der Waals surface area (Å²) in [4.78, 5) is 25.8. The summed E-state index contributed by atoms with van der Waals surface area (Å²) in [5.74, 6) is -0.419. The molecule has 0 heterocycles. The van der Waals surface area contributed by atoms with Crippen LogP contribution in [0.25, 0.3) is 0 Å². The van der Waals surface area contributed by atoms with Crippen LogP contribution in [-0.2, 0) is 20.9 Å². The Balaban J connectivity index is 2.59. The van der Waals surface area contributed by atoms with Crippen molar-refractivity contribution in [1.82, 2.24) is 4.90 Å². The molecule has 1 aromatic rings. The van der Waals surface area contributed by atoms with Gasteiger partial charge in [0.1, 0.15) is 12.1 Å². The number of carbonyl (C=O) groups excluding carboxylic acids is 2. The first-order valence-corrected chi connectivity index (χ1v) is 7.37. The molecule has 0 bridgehead atoms. The first kappa shape index (κ1) is 17.2. The molecule has 0 unspecified atom stereocenters. The molecule has 0 atom stereocenters. The van der Waals surface area contributed by atoms with Gasteiger partial charge in [0.2, 0.25) is 5.91 Å². The van der Waals surface area contributed by atoms with Gasteiger partial charge in [0.25, 0.3) is 0 Å². The zero-order valence-corrected chi connectivity index (χ0v) is 13.4. The molecule has 0 aliphatic rings. The average Bonchev–Trinajstić information content (AvgIpc) is 2.50. The van der Waals surface area contributed by atoms with Crippen molar-refractivity contribution in [3.63, 3.8) is 0 Å². The van der Waals surface area contributed by atoms with Crippen LogP contribution in [0.15, 0.2) is 30.3 Å². The van der Waals surface area contributed by atoms with E-state index in [0.717, 1.165) is 18.4 Å². The van der Waals surface area contributed by atoms with Gasteiger partial charge in [-0.1, -0.05) is 43.7 Å². The maximum atomic E-state index is 12.2. The maximum Gasteiger partial charge on any atom is 0.331 e. The van der Waals surface area contributed by atoms with Crippen LogP contribution in [-0.4, -0.2) is 29.4 Å². The number of esters is 1. The Morgan fingerprint density at radius 2 is 1.81 bits per heavy atom. The molecule has 116 valence electrons. The minimum atomic E-state index is -0.959. The molecule has 4 nitrogen and oxygen atoms in total. The van der Waals surface area contributed by atoms with Crippen LogP contribution in [0.3, 0.4) is 0 Å². The van der Waals surface area contributed by atoms with E-state index >= 15 is 0 Å². The molecule has 0 radical (unpaired) electrons. The van der Waals surface area contributed by atoms with Crippen LogP contribution in [0.5, 0.6) is 0 Å². The maximum absolute atomic E-state index is 12.2. The monoisotopic (exact) mass is 291 g/mol. The van der Waals surface area contributed by atoms with Gasteiger partial charge in [-0.3, -0.25) is 4.79 Å². The lowest BCUT2D eigenvalue weighted by atomic mass is 10.0. The highest BCUT2D eigenvalue weighted by Gasteiger charge is 2.36. The molecule has 1 rings (SSSR count). The third kappa shape index (κ3) is 4.88. The normalized spacial score (nSPS) is 11.0. The summed E-state index contributed by atoms with van der Waals surface area (Å²) in [7, 11) is 1.65. The Labute approximate surface area is 127 Å². The third-order valence-corrected chi connectivity index (χ3v) is 3.67. The number of hydrogen-bond donors (Lipinski definition) is 0. The Morgan fingerprint density at radius 1 is 1.19 bits per heavy atom. The van der Waals surface area contributed by atoms with E-state index < -0.39 is 11.5 Å². The van der Waals surface area contributed by atoms with Crippen molar-refractivity contribution in [2.75, 3.05) is 7.05 Å². The van der Waals surface area contributed by atoms with Gasteiger partial charge in [0.05, 0.1) is 0 Å². The van der Waals surface area contributed by atoms with Crippen LogP contribution < -0.4 is 0 Å². The van der Waals surface area contributed by atoms with E-state index in [1.807, 2.05) is 37.3 Å². The highest BCUT2D eigenvalue weighted by molar-refractivity contribution is 5.87. The highest BCUT2D eigenvalue weighted by Crippen LogP contribution is 2.17. The van der Waals surface area contributed by atoms with Gasteiger partial charge in [-0.05, 0) is 25.8 Å². The van der Waals surface area contributed by atoms with Gasteiger partial charge < -0.3 is 9.64 Å². The van der Waals surface area contributed by atoms with E-state index in [1.54, 1.807) is 20.9 Å². The van der Waals surface area contributed by atoms with E-state index in [4.69, 9.17) is 4.74 Å². The van der Waals surface area contributed by atoms with E-state index in [9.17, 15) is 9.59 Å². The molecule has 0 N–H and O–H groups in total. The first-order chi connectivity index (χ1) is 9.89. The van der Waals surface area contributed by atoms with Gasteiger partial charge in [-0.15, -0.1) is 0 Å². The SMILES string of the molecule is CCCCC(=O)N(C)C(C)(C)C(=O)OCc1ccccc1. The lowest BCUT2D eigenvalue weighted by Gasteiger charge is -2.33. The second kappa shape index (κ2) is 7.81. The van der Waals surface area contributed by atoms with Crippen molar-refractivity contribution in [3.05, 3.63) is 35.9 Å². The van der Waals surface area contributed by atoms with Gasteiger partial charge in [-0.25, -0.2) is 4.79 Å². The number of carbonyl (C=O) groups is 2. The molecule has 0 saturated heterocycles. The first-order valence-electron chi connectivity index (χ1n) is 7.37. The molecule has 0 aliphatic heterocycles. The molecule has 0 fully saturated rings. The van der Waals surface area contributed by atoms with Crippen LogP contribution in [0, 0.1) is 0 Å². The summed E-state index contributed by atoms with van der Waals surface area (Å²) in [5.41, 5.74) is -0.0267. The molecule has 0 spiro atoms. The minimum absolute atomic E-state index is 0.0292. The molecule has 0 aliphatic carbocycles. The molecular formula is C17H25NO3. The third-order valence-electron chi connectivity index (χ3n) is 3.67. The average molecular weight is 291 g/mol. The van der Waals surface area contributed by atoms with Crippen molar-refractivity contribution in [2.24, 2.45) is 0 Å². The van der Waals surface area contributed by atoms with Crippen LogP contribution in [0.2, 0.25) is 0 Å². The van der Waals surface area contributed by atoms with Crippen molar-refractivity contribution < 1.29 is 14.3 Å². The van der Waals surface area contributed by atoms with Gasteiger partial charge >= 0.3 is 5.97 Å². The standard InChI is InChI=1S/C17H25NO3/c1-5-6-12-15(19)18(4)17(2,3)16(20)21-13-14-10-8-7-9-11-14/h7-11H,5-6,12-13H2,1-4H3. The molecule has 0 saturated carbocycles. The second-order valence-electron chi connectivity index (χ2n) is 5.68. The zero-order valence-electron chi connectivity index (χ0n) is 13.4. The number of likely N-dealkylation sites (N-methyl/N-ethyl adjacent to an activating group) is 1. The topological polar surface area (TPSA) is 46.6 Å². The predicted molar refractivity (Wildman–Crippen MR) is 82.6 cm³/mol. The minimum Gasteiger partial charge on any atom is -0.459 e. The molecule has 4 heteroatoms. The zero-order chi connectivity index (χ0) is 15.9. The van der Waals surface area contributed by atoms with Crippen molar-refractivity contribution >= 4 is 11.9 Å². The number of nitrogens with zero attached hydrogens (tertiary/aromatic N) is 1. The quantitative estimate of drug-likeness (QED) is 0.725. The van der Waals surface area contributed by atoms with E-state index in [0.29, 0.717) is 6.42 Å². The summed E-state index contributed by atoms with van der Waals surface area (Å²) in [5, 5.41) is 0. The van der Waals surface area contributed by atoms with E-state index in [2.05, 4.69) is 0 Å². The van der Waals surface area contributed by atoms with Crippen LogP contribution in [0.1, 0.15) is 45.6 Å². The van der Waals surface area contributed by atoms with Crippen molar-refractivity contribution in [1.29, 1.82) is 0 Å². The summed E-state index contributed by atoms with van der Waals surface area (Å²) < 4.78 is 5.34. The van der Waals surface area contributed by atoms with Crippen molar-refractivity contribution in [2.45, 2.75) is 52.2 Å². The number of ether oxygens (including phenoxy) is 1. The number of hydrogen-bond acceptors (Lipinski definition) is 3. The molecule has 0 aromatic heterocycles. The second-order valence-corrected chi connectivity index (χ2v) is 5.68. The number of benzene rings is 1. The smallest absolute Gasteiger partial charge is 0.331 e. The number of amides is 1. The number of rotatable bonds is 7. The molecular weight excluding hydrogens is 266 g/mol.